The van der Waals surface area contributed by atoms with Gasteiger partial charge in [0.15, 0.2) is 0 Å². The van der Waals surface area contributed by atoms with E-state index in [0.717, 1.165) is 24.4 Å². The topological polar surface area (TPSA) is 28.2 Å². The number of fused-ring (bicyclic) bond motifs is 1. The molecule has 96 valence electrons. The predicted molar refractivity (Wildman–Crippen MR) is 78.1 cm³/mol. The Hall–Kier alpha value is -1.61. The highest BCUT2D eigenvalue weighted by Crippen LogP contribution is 2.17. The molecule has 1 N–H and O–H groups in total. The van der Waals surface area contributed by atoms with Gasteiger partial charge >= 0.3 is 0 Å². The zero-order valence-corrected chi connectivity index (χ0v) is 11.4. The molecule has 1 heterocycles. The van der Waals surface area contributed by atoms with Gasteiger partial charge in [0.2, 0.25) is 0 Å². The van der Waals surface area contributed by atoms with E-state index in [-0.39, 0.29) is 0 Å². The van der Waals surface area contributed by atoms with Crippen molar-refractivity contribution >= 4 is 16.7 Å². The molecule has 0 bridgehead atoms. The van der Waals surface area contributed by atoms with Crippen LogP contribution < -0.4 is 10.2 Å². The Morgan fingerprint density at radius 1 is 1.22 bits per heavy atom. The first-order valence-corrected chi connectivity index (χ1v) is 6.42. The van der Waals surface area contributed by atoms with Crippen LogP contribution in [-0.2, 0) is 0 Å². The van der Waals surface area contributed by atoms with Crippen LogP contribution in [0, 0.1) is 5.92 Å². The van der Waals surface area contributed by atoms with Crippen molar-refractivity contribution < 1.29 is 0 Å². The van der Waals surface area contributed by atoms with Crippen LogP contribution >= 0.6 is 0 Å². The van der Waals surface area contributed by atoms with Crippen LogP contribution in [0.4, 0.5) is 5.82 Å². The number of pyridine rings is 1. The molecule has 2 aromatic rings. The molecule has 3 heteroatoms. The minimum absolute atomic E-state index is 0.605. The van der Waals surface area contributed by atoms with E-state index in [2.05, 4.69) is 48.5 Å². The van der Waals surface area contributed by atoms with Crippen molar-refractivity contribution in [3.05, 3.63) is 36.4 Å². The fourth-order valence-electron chi connectivity index (χ4n) is 2.24. The van der Waals surface area contributed by atoms with Gasteiger partial charge in [-0.2, -0.15) is 0 Å². The molecule has 3 nitrogen and oxygen atoms in total. The summed E-state index contributed by atoms with van der Waals surface area (Å²) >= 11 is 0. The lowest BCUT2D eigenvalue weighted by atomic mass is 10.1. The lowest BCUT2D eigenvalue weighted by Crippen LogP contribution is -2.30. The van der Waals surface area contributed by atoms with E-state index >= 15 is 0 Å². The van der Waals surface area contributed by atoms with Crippen LogP contribution in [0.25, 0.3) is 10.9 Å². The standard InChI is InChI=1S/C15H21N3/c1-12(10-16-2)11-18(3)15-9-8-13-6-4-5-7-14(13)17-15/h4-9,12,16H,10-11H2,1-3H3. The Labute approximate surface area is 109 Å². The number of rotatable bonds is 5. The number of benzene rings is 1. The summed E-state index contributed by atoms with van der Waals surface area (Å²) in [6, 6.07) is 12.5. The average molecular weight is 243 g/mol. The number of hydrogen-bond acceptors (Lipinski definition) is 3. The number of hydrogen-bond donors (Lipinski definition) is 1. The fourth-order valence-corrected chi connectivity index (χ4v) is 2.24. The highest BCUT2D eigenvalue weighted by Gasteiger charge is 2.08. The van der Waals surface area contributed by atoms with Crippen molar-refractivity contribution in [2.24, 2.45) is 5.92 Å². The number of anilines is 1. The maximum atomic E-state index is 4.69. The van der Waals surface area contributed by atoms with Gasteiger partial charge in [0.05, 0.1) is 5.52 Å². The second kappa shape index (κ2) is 5.83. The molecule has 1 aromatic carbocycles. The van der Waals surface area contributed by atoms with E-state index in [4.69, 9.17) is 4.98 Å². The molecule has 1 aromatic heterocycles. The quantitative estimate of drug-likeness (QED) is 0.874. The molecule has 2 rings (SSSR count). The molecule has 0 spiro atoms. The van der Waals surface area contributed by atoms with Crippen LogP contribution in [-0.4, -0.2) is 32.2 Å². The summed E-state index contributed by atoms with van der Waals surface area (Å²) in [5.74, 6) is 1.64. The number of para-hydroxylation sites is 1. The highest BCUT2D eigenvalue weighted by atomic mass is 15.2. The fraction of sp³-hybridized carbons (Fsp3) is 0.400. The molecule has 0 radical (unpaired) electrons. The number of nitrogens with zero attached hydrogens (tertiary/aromatic N) is 2. The van der Waals surface area contributed by atoms with Gasteiger partial charge in [0.25, 0.3) is 0 Å². The lowest BCUT2D eigenvalue weighted by Gasteiger charge is -2.22. The van der Waals surface area contributed by atoms with E-state index in [9.17, 15) is 0 Å². The second-order valence-electron chi connectivity index (χ2n) is 4.91. The first-order chi connectivity index (χ1) is 8.70. The molecule has 1 unspecified atom stereocenters. The summed E-state index contributed by atoms with van der Waals surface area (Å²) in [4.78, 5) is 6.91. The minimum Gasteiger partial charge on any atom is -0.359 e. The molecular formula is C15H21N3. The van der Waals surface area contributed by atoms with Crippen molar-refractivity contribution in [3.63, 3.8) is 0 Å². The number of aromatic nitrogens is 1. The Balaban J connectivity index is 2.15. The van der Waals surface area contributed by atoms with E-state index in [1.54, 1.807) is 0 Å². The molecule has 18 heavy (non-hydrogen) atoms. The van der Waals surface area contributed by atoms with Gasteiger partial charge in [-0.1, -0.05) is 25.1 Å². The highest BCUT2D eigenvalue weighted by molar-refractivity contribution is 5.80. The summed E-state index contributed by atoms with van der Waals surface area (Å²) in [5.41, 5.74) is 1.06. The summed E-state index contributed by atoms with van der Waals surface area (Å²) in [6.07, 6.45) is 0. The van der Waals surface area contributed by atoms with Crippen molar-refractivity contribution in [2.45, 2.75) is 6.92 Å². The summed E-state index contributed by atoms with van der Waals surface area (Å²) in [7, 11) is 4.09. The van der Waals surface area contributed by atoms with Crippen LogP contribution in [0.15, 0.2) is 36.4 Å². The zero-order chi connectivity index (χ0) is 13.0. The molecule has 0 saturated heterocycles. The van der Waals surface area contributed by atoms with Crippen molar-refractivity contribution in [3.8, 4) is 0 Å². The van der Waals surface area contributed by atoms with Gasteiger partial charge in [-0.05, 0) is 37.7 Å². The summed E-state index contributed by atoms with van der Waals surface area (Å²) < 4.78 is 0. The molecule has 0 aliphatic carbocycles. The van der Waals surface area contributed by atoms with Crippen molar-refractivity contribution in [1.82, 2.24) is 10.3 Å². The monoisotopic (exact) mass is 243 g/mol. The van der Waals surface area contributed by atoms with Gasteiger partial charge < -0.3 is 10.2 Å². The minimum atomic E-state index is 0.605. The third kappa shape index (κ3) is 2.99. The maximum absolute atomic E-state index is 4.69. The van der Waals surface area contributed by atoms with Crippen LogP contribution in [0.2, 0.25) is 0 Å². The van der Waals surface area contributed by atoms with Gasteiger partial charge in [-0.15, -0.1) is 0 Å². The Morgan fingerprint density at radius 2 is 2.00 bits per heavy atom. The maximum Gasteiger partial charge on any atom is 0.128 e. The van der Waals surface area contributed by atoms with E-state index in [1.807, 2.05) is 19.2 Å². The molecule has 0 saturated carbocycles. The van der Waals surface area contributed by atoms with E-state index in [0.29, 0.717) is 5.92 Å². The van der Waals surface area contributed by atoms with Crippen LogP contribution in [0.3, 0.4) is 0 Å². The molecule has 0 aliphatic rings. The van der Waals surface area contributed by atoms with Crippen LogP contribution in [0.1, 0.15) is 6.92 Å². The van der Waals surface area contributed by atoms with E-state index < -0.39 is 0 Å². The van der Waals surface area contributed by atoms with Crippen LogP contribution in [0.5, 0.6) is 0 Å². The third-order valence-corrected chi connectivity index (χ3v) is 3.11. The largest absolute Gasteiger partial charge is 0.359 e. The Bertz CT molecular complexity index is 510. The normalized spacial score (nSPS) is 12.6. The molecule has 0 amide bonds. The lowest BCUT2D eigenvalue weighted by molar-refractivity contribution is 0.541. The zero-order valence-electron chi connectivity index (χ0n) is 11.4. The molecule has 0 aliphatic heterocycles. The molecular weight excluding hydrogens is 222 g/mol. The molecule has 0 fully saturated rings. The Morgan fingerprint density at radius 3 is 2.78 bits per heavy atom. The summed E-state index contributed by atoms with van der Waals surface area (Å²) in [5, 5.41) is 4.40. The van der Waals surface area contributed by atoms with Gasteiger partial charge in [-0.25, -0.2) is 4.98 Å². The Kier molecular flexibility index (Phi) is 4.15. The van der Waals surface area contributed by atoms with Gasteiger partial charge in [0, 0.05) is 19.0 Å². The smallest absolute Gasteiger partial charge is 0.128 e. The van der Waals surface area contributed by atoms with Crippen molar-refractivity contribution in [1.29, 1.82) is 0 Å². The number of nitrogens with one attached hydrogen (secondary N) is 1. The second-order valence-corrected chi connectivity index (χ2v) is 4.91. The summed E-state index contributed by atoms with van der Waals surface area (Å²) in [6.45, 7) is 4.28. The first kappa shape index (κ1) is 12.8. The molecule has 1 atom stereocenters. The third-order valence-electron chi connectivity index (χ3n) is 3.11. The predicted octanol–water partition coefficient (Wildman–Crippen LogP) is 2.53. The van der Waals surface area contributed by atoms with E-state index in [1.165, 1.54) is 5.39 Å². The van der Waals surface area contributed by atoms with Gasteiger partial charge in [-0.3, -0.25) is 0 Å². The average Bonchev–Trinajstić information content (AvgIpc) is 2.38. The first-order valence-electron chi connectivity index (χ1n) is 6.42. The SMILES string of the molecule is CNCC(C)CN(C)c1ccc2ccccc2n1. The van der Waals surface area contributed by atoms with Crippen molar-refractivity contribution in [2.75, 3.05) is 32.1 Å². The van der Waals surface area contributed by atoms with Gasteiger partial charge in [0.1, 0.15) is 5.82 Å².